The Bertz CT molecular complexity index is 1060. The zero-order chi connectivity index (χ0) is 24.4. The van der Waals surface area contributed by atoms with E-state index in [0.29, 0.717) is 35.9 Å². The molecule has 2 heteroatoms. The van der Waals surface area contributed by atoms with E-state index in [1.807, 2.05) is 0 Å². The van der Waals surface area contributed by atoms with Gasteiger partial charge in [-0.2, -0.15) is 0 Å². The van der Waals surface area contributed by atoms with E-state index in [1.165, 1.54) is 36.1 Å². The summed E-state index contributed by atoms with van der Waals surface area (Å²) >= 11 is 0. The van der Waals surface area contributed by atoms with Crippen molar-refractivity contribution in [1.82, 2.24) is 9.80 Å². The van der Waals surface area contributed by atoms with Crippen LogP contribution in [0.25, 0.3) is 0 Å². The summed E-state index contributed by atoms with van der Waals surface area (Å²) in [5, 5.41) is 0. The van der Waals surface area contributed by atoms with Crippen molar-refractivity contribution >= 4 is 0 Å². The lowest BCUT2D eigenvalue weighted by molar-refractivity contribution is 0.163. The van der Waals surface area contributed by atoms with Crippen molar-refractivity contribution in [2.24, 2.45) is 17.8 Å². The van der Waals surface area contributed by atoms with Gasteiger partial charge in [-0.05, 0) is 54.7 Å². The van der Waals surface area contributed by atoms with Crippen molar-refractivity contribution in [2.75, 3.05) is 6.67 Å². The van der Waals surface area contributed by atoms with Gasteiger partial charge in [-0.25, -0.2) is 0 Å². The van der Waals surface area contributed by atoms with Crippen LogP contribution in [-0.4, -0.2) is 22.5 Å². The van der Waals surface area contributed by atoms with E-state index >= 15 is 0 Å². The minimum absolute atomic E-state index is 0.299. The average Bonchev–Trinajstić information content (AvgIpc) is 3.30. The Morgan fingerprint density at radius 2 is 1.49 bits per heavy atom. The molecule has 0 bridgehead atoms. The molecule has 1 fully saturated rings. The molecule has 184 valence electrons. The van der Waals surface area contributed by atoms with Crippen LogP contribution in [0.2, 0.25) is 0 Å². The van der Waals surface area contributed by atoms with Crippen LogP contribution in [-0.2, 0) is 0 Å². The Hall–Kier alpha value is -2.58. The zero-order valence-electron chi connectivity index (χ0n) is 22.0. The summed E-state index contributed by atoms with van der Waals surface area (Å²) in [5.41, 5.74) is 6.02. The fourth-order valence-corrected chi connectivity index (χ4v) is 6.69. The van der Waals surface area contributed by atoms with Gasteiger partial charge in [-0.3, -0.25) is 4.90 Å². The SMILES string of the molecule is CC(C)C1=CCCC[C@H]1N1CN(C2=CC=CCC2C(C)C)[C@H](c2ccccc2)[C@H]1c1ccccc1. The first-order valence-corrected chi connectivity index (χ1v) is 13.7. The third-order valence-electron chi connectivity index (χ3n) is 8.41. The molecular formula is C33H42N2. The van der Waals surface area contributed by atoms with E-state index in [2.05, 4.69) is 122 Å². The maximum atomic E-state index is 2.86. The summed E-state index contributed by atoms with van der Waals surface area (Å²) in [7, 11) is 0. The Balaban J connectivity index is 1.66. The maximum absolute atomic E-state index is 2.86. The zero-order valence-corrected chi connectivity index (χ0v) is 22.0. The summed E-state index contributed by atoms with van der Waals surface area (Å²) in [6.07, 6.45) is 14.5. The average molecular weight is 467 g/mol. The molecule has 0 spiro atoms. The van der Waals surface area contributed by atoms with E-state index in [1.54, 1.807) is 5.57 Å². The van der Waals surface area contributed by atoms with Crippen LogP contribution in [0.15, 0.2) is 96.2 Å². The maximum Gasteiger partial charge on any atom is 0.0750 e. The highest BCUT2D eigenvalue weighted by Gasteiger charge is 2.47. The number of benzene rings is 2. The molecule has 0 amide bonds. The molecule has 35 heavy (non-hydrogen) atoms. The van der Waals surface area contributed by atoms with E-state index in [4.69, 9.17) is 0 Å². The summed E-state index contributed by atoms with van der Waals surface area (Å²) in [6, 6.07) is 23.7. The number of hydrogen-bond donors (Lipinski definition) is 0. The van der Waals surface area contributed by atoms with Crippen LogP contribution in [0.5, 0.6) is 0 Å². The molecule has 1 aliphatic heterocycles. The predicted molar refractivity (Wildman–Crippen MR) is 148 cm³/mol. The molecule has 0 radical (unpaired) electrons. The van der Waals surface area contributed by atoms with Gasteiger partial charge in [0.2, 0.25) is 0 Å². The van der Waals surface area contributed by atoms with Gasteiger partial charge in [0, 0.05) is 17.7 Å². The Morgan fingerprint density at radius 3 is 2.11 bits per heavy atom. The molecule has 2 aromatic rings. The number of nitrogens with zero attached hydrogens (tertiary/aromatic N) is 2. The van der Waals surface area contributed by atoms with Gasteiger partial charge < -0.3 is 4.90 Å². The molecule has 2 aromatic carbocycles. The minimum Gasteiger partial charge on any atom is -0.353 e. The predicted octanol–water partition coefficient (Wildman–Crippen LogP) is 8.30. The molecule has 1 saturated heterocycles. The Kier molecular flexibility index (Phi) is 7.29. The third kappa shape index (κ3) is 4.78. The highest BCUT2D eigenvalue weighted by Crippen LogP contribution is 2.51. The molecule has 1 heterocycles. The molecule has 2 aliphatic carbocycles. The monoisotopic (exact) mass is 466 g/mol. The Morgan fingerprint density at radius 1 is 0.829 bits per heavy atom. The van der Waals surface area contributed by atoms with Crippen molar-refractivity contribution in [3.8, 4) is 0 Å². The van der Waals surface area contributed by atoms with Crippen molar-refractivity contribution in [1.29, 1.82) is 0 Å². The molecule has 0 saturated carbocycles. The highest BCUT2D eigenvalue weighted by molar-refractivity contribution is 5.35. The van der Waals surface area contributed by atoms with Gasteiger partial charge in [0.15, 0.2) is 0 Å². The molecule has 2 nitrogen and oxygen atoms in total. The summed E-state index contributed by atoms with van der Waals surface area (Å²) < 4.78 is 0. The van der Waals surface area contributed by atoms with E-state index in [9.17, 15) is 0 Å². The highest BCUT2D eigenvalue weighted by atomic mass is 15.4. The van der Waals surface area contributed by atoms with Crippen LogP contribution in [0.1, 0.15) is 76.6 Å². The van der Waals surface area contributed by atoms with Crippen molar-refractivity contribution < 1.29 is 0 Å². The van der Waals surface area contributed by atoms with Crippen LogP contribution >= 0.6 is 0 Å². The van der Waals surface area contributed by atoms with Crippen LogP contribution < -0.4 is 0 Å². The van der Waals surface area contributed by atoms with Gasteiger partial charge in [-0.1, -0.05) is 112 Å². The van der Waals surface area contributed by atoms with Crippen LogP contribution in [0.3, 0.4) is 0 Å². The molecule has 0 N–H and O–H groups in total. The second-order valence-corrected chi connectivity index (χ2v) is 11.2. The number of rotatable bonds is 6. The molecule has 4 atom stereocenters. The van der Waals surface area contributed by atoms with Crippen molar-refractivity contribution in [3.63, 3.8) is 0 Å². The van der Waals surface area contributed by atoms with Gasteiger partial charge in [0.05, 0.1) is 18.8 Å². The van der Waals surface area contributed by atoms with Crippen molar-refractivity contribution in [2.45, 2.75) is 71.5 Å². The van der Waals surface area contributed by atoms with E-state index in [0.717, 1.165) is 13.1 Å². The fourth-order valence-electron chi connectivity index (χ4n) is 6.69. The first-order chi connectivity index (χ1) is 17.1. The lowest BCUT2D eigenvalue weighted by Gasteiger charge is -2.38. The molecular weight excluding hydrogens is 424 g/mol. The first-order valence-electron chi connectivity index (χ1n) is 13.7. The summed E-state index contributed by atoms with van der Waals surface area (Å²) in [4.78, 5) is 5.63. The molecule has 1 unspecified atom stereocenters. The van der Waals surface area contributed by atoms with Crippen LogP contribution in [0.4, 0.5) is 0 Å². The van der Waals surface area contributed by atoms with E-state index in [-0.39, 0.29) is 0 Å². The standard InChI is InChI=1S/C33H42N2/c1-24(2)28-19-11-13-21-30(28)34-23-35(31-22-14-12-20-29(31)25(3)4)33(27-17-9-6-10-18-27)32(34)26-15-7-5-8-16-26/h5-11,13,15-18,20-21,24-25,28,31-33H,12,14,19,22-23H2,1-4H3/t28?,31-,32-,33-/m1/s1. The van der Waals surface area contributed by atoms with Gasteiger partial charge in [-0.15, -0.1) is 0 Å². The van der Waals surface area contributed by atoms with Crippen LogP contribution in [0, 0.1) is 17.8 Å². The largest absolute Gasteiger partial charge is 0.353 e. The van der Waals surface area contributed by atoms with Gasteiger partial charge in [0.1, 0.15) is 0 Å². The first kappa shape index (κ1) is 24.1. The summed E-state index contributed by atoms with van der Waals surface area (Å²) in [6.45, 7) is 10.5. The fraction of sp³-hybridized carbons (Fsp3) is 0.455. The molecule has 3 aliphatic rings. The van der Waals surface area contributed by atoms with E-state index < -0.39 is 0 Å². The summed E-state index contributed by atoms with van der Waals surface area (Å²) in [5.74, 6) is 1.77. The minimum atomic E-state index is 0.299. The second-order valence-electron chi connectivity index (χ2n) is 11.2. The number of hydrogen-bond acceptors (Lipinski definition) is 2. The normalized spacial score (nSPS) is 27.4. The quantitative estimate of drug-likeness (QED) is 0.395. The molecule has 0 aromatic heterocycles. The third-order valence-corrected chi connectivity index (χ3v) is 8.41. The smallest absolute Gasteiger partial charge is 0.0750 e. The lowest BCUT2D eigenvalue weighted by atomic mass is 9.83. The van der Waals surface area contributed by atoms with Crippen molar-refractivity contribution in [3.05, 3.63) is 107 Å². The number of allylic oxidation sites excluding steroid dienone is 5. The lowest BCUT2D eigenvalue weighted by Crippen LogP contribution is -2.40. The topological polar surface area (TPSA) is 6.48 Å². The van der Waals surface area contributed by atoms with Gasteiger partial charge in [0.25, 0.3) is 0 Å². The second kappa shape index (κ2) is 10.6. The molecule has 5 rings (SSSR count). The Labute approximate surface area is 213 Å². The van der Waals surface area contributed by atoms with Gasteiger partial charge >= 0.3 is 0 Å².